The SMILES string of the molecule is CC=C1C(=S)Oc2cc(C(=O)NCCCN3CCCCC3)ccc2N1Cc1ccc(F)cc1. The van der Waals surface area contributed by atoms with E-state index in [4.69, 9.17) is 17.0 Å². The van der Waals surface area contributed by atoms with Gasteiger partial charge in [-0.05, 0) is 93.9 Å². The Morgan fingerprint density at radius 3 is 2.64 bits per heavy atom. The third-order valence-electron chi connectivity index (χ3n) is 6.13. The molecular formula is C26H30FN3O2S. The molecule has 0 aromatic heterocycles. The largest absolute Gasteiger partial charge is 0.441 e. The number of nitrogens with zero attached hydrogens (tertiary/aromatic N) is 2. The van der Waals surface area contributed by atoms with Crippen LogP contribution in [0.3, 0.4) is 0 Å². The van der Waals surface area contributed by atoms with Crippen LogP contribution in [0.4, 0.5) is 10.1 Å². The van der Waals surface area contributed by atoms with E-state index in [0.29, 0.717) is 29.5 Å². The number of hydrogen-bond acceptors (Lipinski definition) is 5. The maximum Gasteiger partial charge on any atom is 0.251 e. The number of piperidine rings is 1. The topological polar surface area (TPSA) is 44.8 Å². The minimum Gasteiger partial charge on any atom is -0.441 e. The maximum absolute atomic E-state index is 13.3. The minimum absolute atomic E-state index is 0.118. The van der Waals surface area contributed by atoms with Crippen LogP contribution in [0, 0.1) is 5.82 Å². The number of benzene rings is 2. The van der Waals surface area contributed by atoms with Gasteiger partial charge < -0.3 is 19.9 Å². The lowest BCUT2D eigenvalue weighted by atomic mass is 10.1. The first-order chi connectivity index (χ1) is 16.0. The molecule has 0 atom stereocenters. The van der Waals surface area contributed by atoms with Crippen LogP contribution in [-0.2, 0) is 6.54 Å². The van der Waals surface area contributed by atoms with Gasteiger partial charge in [-0.1, -0.05) is 24.6 Å². The number of hydrogen-bond donors (Lipinski definition) is 1. The molecule has 2 heterocycles. The average Bonchev–Trinajstić information content (AvgIpc) is 2.83. The van der Waals surface area contributed by atoms with E-state index >= 15 is 0 Å². The van der Waals surface area contributed by atoms with E-state index in [1.54, 1.807) is 18.2 Å². The quantitative estimate of drug-likeness (QED) is 0.350. The molecule has 5 nitrogen and oxygen atoms in total. The highest BCUT2D eigenvalue weighted by atomic mass is 32.1. The molecule has 1 amide bonds. The molecule has 174 valence electrons. The molecule has 1 N–H and O–H groups in total. The first-order valence-electron chi connectivity index (χ1n) is 11.6. The molecular weight excluding hydrogens is 437 g/mol. The van der Waals surface area contributed by atoms with Gasteiger partial charge >= 0.3 is 0 Å². The number of anilines is 1. The Labute approximate surface area is 200 Å². The van der Waals surface area contributed by atoms with Crippen LogP contribution in [0.5, 0.6) is 5.75 Å². The summed E-state index contributed by atoms with van der Waals surface area (Å²) in [4.78, 5) is 17.2. The molecule has 0 spiro atoms. The molecule has 0 saturated carbocycles. The lowest BCUT2D eigenvalue weighted by Gasteiger charge is -2.33. The number of halogens is 1. The third-order valence-corrected chi connectivity index (χ3v) is 6.42. The van der Waals surface area contributed by atoms with Crippen molar-refractivity contribution in [2.24, 2.45) is 0 Å². The van der Waals surface area contributed by atoms with Gasteiger partial charge in [-0.2, -0.15) is 0 Å². The number of amides is 1. The van der Waals surface area contributed by atoms with Crippen molar-refractivity contribution in [2.45, 2.75) is 39.2 Å². The van der Waals surface area contributed by atoms with E-state index in [1.165, 1.54) is 44.5 Å². The van der Waals surface area contributed by atoms with Crippen molar-refractivity contribution in [1.82, 2.24) is 10.2 Å². The van der Waals surface area contributed by atoms with Crippen molar-refractivity contribution < 1.29 is 13.9 Å². The Balaban J connectivity index is 1.43. The molecule has 1 fully saturated rings. The Kier molecular flexibility index (Phi) is 7.73. The minimum atomic E-state index is -0.269. The fraction of sp³-hybridized carbons (Fsp3) is 0.385. The highest BCUT2D eigenvalue weighted by Crippen LogP contribution is 2.38. The van der Waals surface area contributed by atoms with Crippen LogP contribution < -0.4 is 15.0 Å². The van der Waals surface area contributed by atoms with Gasteiger partial charge in [0.15, 0.2) is 5.75 Å². The van der Waals surface area contributed by atoms with Crippen molar-refractivity contribution in [3.8, 4) is 5.75 Å². The van der Waals surface area contributed by atoms with E-state index in [2.05, 4.69) is 10.2 Å². The summed E-state index contributed by atoms with van der Waals surface area (Å²) >= 11 is 5.48. The summed E-state index contributed by atoms with van der Waals surface area (Å²) < 4.78 is 19.2. The summed E-state index contributed by atoms with van der Waals surface area (Å²) in [5.74, 6) is 0.163. The first kappa shape index (κ1) is 23.4. The smallest absolute Gasteiger partial charge is 0.251 e. The predicted molar refractivity (Wildman–Crippen MR) is 133 cm³/mol. The lowest BCUT2D eigenvalue weighted by Crippen LogP contribution is -2.34. The molecule has 1 saturated heterocycles. The van der Waals surface area contributed by atoms with Gasteiger partial charge in [0.05, 0.1) is 11.4 Å². The summed E-state index contributed by atoms with van der Waals surface area (Å²) in [5, 5.41) is 3.37. The number of rotatable bonds is 7. The second-order valence-electron chi connectivity index (χ2n) is 8.47. The Bertz CT molecular complexity index is 1030. The number of likely N-dealkylation sites (tertiary alicyclic amines) is 1. The second kappa shape index (κ2) is 10.9. The van der Waals surface area contributed by atoms with E-state index in [9.17, 15) is 9.18 Å². The molecule has 2 aromatic rings. The summed E-state index contributed by atoms with van der Waals surface area (Å²) in [5.41, 5.74) is 3.08. The van der Waals surface area contributed by atoms with E-state index in [1.807, 2.05) is 30.0 Å². The lowest BCUT2D eigenvalue weighted by molar-refractivity contribution is 0.0951. The van der Waals surface area contributed by atoms with Gasteiger partial charge in [0.1, 0.15) is 5.82 Å². The maximum atomic E-state index is 13.3. The average molecular weight is 468 g/mol. The molecule has 2 aliphatic rings. The Morgan fingerprint density at radius 2 is 1.91 bits per heavy atom. The predicted octanol–water partition coefficient (Wildman–Crippen LogP) is 5.06. The van der Waals surface area contributed by atoms with Crippen LogP contribution in [0.1, 0.15) is 48.5 Å². The summed E-state index contributed by atoms with van der Waals surface area (Å²) in [6.07, 6.45) is 6.71. The second-order valence-corrected chi connectivity index (χ2v) is 8.84. The molecule has 0 radical (unpaired) electrons. The molecule has 0 aliphatic carbocycles. The zero-order valence-electron chi connectivity index (χ0n) is 19.0. The van der Waals surface area contributed by atoms with Gasteiger partial charge in [0, 0.05) is 18.7 Å². The molecule has 7 heteroatoms. The molecule has 0 bridgehead atoms. The van der Waals surface area contributed by atoms with Crippen LogP contribution in [0.15, 0.2) is 54.2 Å². The zero-order chi connectivity index (χ0) is 23.2. The van der Waals surface area contributed by atoms with Crippen molar-refractivity contribution >= 4 is 28.9 Å². The van der Waals surface area contributed by atoms with Gasteiger partial charge in [-0.15, -0.1) is 0 Å². The summed E-state index contributed by atoms with van der Waals surface area (Å²) in [6.45, 7) is 6.41. The highest BCUT2D eigenvalue weighted by molar-refractivity contribution is 7.80. The first-order valence-corrected chi connectivity index (χ1v) is 12.0. The third kappa shape index (κ3) is 5.78. The number of fused-ring (bicyclic) bond motifs is 1. The normalized spacial score (nSPS) is 17.6. The summed E-state index contributed by atoms with van der Waals surface area (Å²) in [6, 6.07) is 11.8. The number of ether oxygens (including phenoxy) is 1. The van der Waals surface area contributed by atoms with Crippen molar-refractivity contribution in [2.75, 3.05) is 31.1 Å². The molecule has 4 rings (SSSR count). The van der Waals surface area contributed by atoms with Crippen molar-refractivity contribution in [3.05, 3.63) is 71.2 Å². The number of allylic oxidation sites excluding steroid dienone is 1. The summed E-state index contributed by atoms with van der Waals surface area (Å²) in [7, 11) is 0. The number of thiocarbonyl (C=S) groups is 1. The molecule has 2 aliphatic heterocycles. The molecule has 33 heavy (non-hydrogen) atoms. The Morgan fingerprint density at radius 1 is 1.15 bits per heavy atom. The van der Waals surface area contributed by atoms with Crippen molar-refractivity contribution in [1.29, 1.82) is 0 Å². The van der Waals surface area contributed by atoms with Crippen LogP contribution in [0.25, 0.3) is 0 Å². The van der Waals surface area contributed by atoms with Crippen LogP contribution >= 0.6 is 12.2 Å². The highest BCUT2D eigenvalue weighted by Gasteiger charge is 2.27. The van der Waals surface area contributed by atoms with Gasteiger partial charge in [0.25, 0.3) is 5.91 Å². The van der Waals surface area contributed by atoms with Gasteiger partial charge in [0.2, 0.25) is 5.05 Å². The number of carbonyl (C=O) groups is 1. The number of nitrogens with one attached hydrogen (secondary N) is 1. The van der Waals surface area contributed by atoms with Crippen LogP contribution in [-0.4, -0.2) is 42.0 Å². The van der Waals surface area contributed by atoms with E-state index in [0.717, 1.165) is 29.9 Å². The molecule has 2 aromatic carbocycles. The fourth-order valence-electron chi connectivity index (χ4n) is 4.36. The van der Waals surface area contributed by atoms with Crippen molar-refractivity contribution in [3.63, 3.8) is 0 Å². The van der Waals surface area contributed by atoms with Gasteiger partial charge in [-0.25, -0.2) is 4.39 Å². The molecule has 0 unspecified atom stereocenters. The van der Waals surface area contributed by atoms with Gasteiger partial charge in [-0.3, -0.25) is 4.79 Å². The Hall–Kier alpha value is -2.77. The zero-order valence-corrected chi connectivity index (χ0v) is 19.8. The standard InChI is InChI=1S/C26H30FN3O2S/c1-2-22-26(33)32-24-17-20(25(31)28-13-6-16-29-14-4-3-5-15-29)9-12-23(24)30(22)18-19-7-10-21(27)11-8-19/h2,7-12,17H,3-6,13-16,18H2,1H3,(H,28,31). The van der Waals surface area contributed by atoms with Crippen LogP contribution in [0.2, 0.25) is 0 Å². The van der Waals surface area contributed by atoms with E-state index < -0.39 is 0 Å². The monoisotopic (exact) mass is 467 g/mol. The number of carbonyl (C=O) groups excluding carboxylic acids is 1. The van der Waals surface area contributed by atoms with E-state index in [-0.39, 0.29) is 11.7 Å². The fourth-order valence-corrected chi connectivity index (χ4v) is 4.68.